The van der Waals surface area contributed by atoms with Gasteiger partial charge in [0.1, 0.15) is 11.5 Å². The summed E-state index contributed by atoms with van der Waals surface area (Å²) in [7, 11) is 3.18. The summed E-state index contributed by atoms with van der Waals surface area (Å²) in [6.07, 6.45) is 2.11. The fraction of sp³-hybridized carbons (Fsp3) is 0.588. The van der Waals surface area contributed by atoms with Crippen molar-refractivity contribution in [2.75, 3.05) is 40.4 Å². The molecule has 0 atom stereocenters. The third-order valence-corrected chi connectivity index (χ3v) is 4.22. The van der Waals surface area contributed by atoms with E-state index in [1.165, 1.54) is 0 Å². The predicted octanol–water partition coefficient (Wildman–Crippen LogP) is 2.59. The molecule has 1 aromatic rings. The van der Waals surface area contributed by atoms with Crippen molar-refractivity contribution in [3.8, 4) is 11.5 Å². The summed E-state index contributed by atoms with van der Waals surface area (Å²) in [5.41, 5.74) is 0.605. The summed E-state index contributed by atoms with van der Waals surface area (Å²) < 4.78 is 10.5. The third-order valence-electron chi connectivity index (χ3n) is 4.22. The van der Waals surface area contributed by atoms with Crippen molar-refractivity contribution in [2.24, 2.45) is 5.92 Å². The van der Waals surface area contributed by atoms with E-state index >= 15 is 0 Å². The fourth-order valence-corrected chi connectivity index (χ4v) is 2.83. The maximum absolute atomic E-state index is 12.7. The van der Waals surface area contributed by atoms with Gasteiger partial charge in [-0.25, -0.2) is 0 Å². The summed E-state index contributed by atoms with van der Waals surface area (Å²) in [6.45, 7) is 5.79. The number of likely N-dealkylation sites (tertiary alicyclic amines) is 1. The molecule has 2 rings (SSSR count). The number of amides is 1. The number of nitrogens with one attached hydrogen (secondary N) is 1. The first-order chi connectivity index (χ1) is 10.7. The number of carbonyl (C=O) groups excluding carboxylic acids is 1. The zero-order valence-electron chi connectivity index (χ0n) is 14.1. The number of hydrogen-bond donors (Lipinski definition) is 1. The van der Waals surface area contributed by atoms with Crippen molar-refractivity contribution in [3.05, 3.63) is 23.8 Å². The highest BCUT2D eigenvalue weighted by Gasteiger charge is 2.25. The van der Waals surface area contributed by atoms with E-state index in [-0.39, 0.29) is 18.3 Å². The molecule has 0 unspecified atom stereocenters. The van der Waals surface area contributed by atoms with E-state index in [0.29, 0.717) is 23.0 Å². The van der Waals surface area contributed by atoms with E-state index in [1.807, 2.05) is 4.90 Å². The van der Waals surface area contributed by atoms with E-state index in [0.717, 1.165) is 39.0 Å². The van der Waals surface area contributed by atoms with Crippen LogP contribution < -0.4 is 14.8 Å². The van der Waals surface area contributed by atoms with Crippen molar-refractivity contribution in [1.82, 2.24) is 10.2 Å². The Morgan fingerprint density at radius 1 is 1.26 bits per heavy atom. The molecule has 1 aliphatic rings. The van der Waals surface area contributed by atoms with Gasteiger partial charge in [0.05, 0.1) is 19.8 Å². The SMILES string of the molecule is CCNCC1CCN(C(=O)c2ccc(OC)cc2OC)CC1.Cl. The molecule has 0 bridgehead atoms. The molecular weight excluding hydrogens is 316 g/mol. The van der Waals surface area contributed by atoms with Crippen LogP contribution in [0.1, 0.15) is 30.1 Å². The van der Waals surface area contributed by atoms with Gasteiger partial charge < -0.3 is 19.7 Å². The molecule has 0 aliphatic carbocycles. The number of hydrogen-bond acceptors (Lipinski definition) is 4. The normalized spacial score (nSPS) is 15.0. The van der Waals surface area contributed by atoms with Gasteiger partial charge in [-0.2, -0.15) is 0 Å². The van der Waals surface area contributed by atoms with E-state index < -0.39 is 0 Å². The average molecular weight is 343 g/mol. The van der Waals surface area contributed by atoms with Crippen molar-refractivity contribution in [2.45, 2.75) is 19.8 Å². The van der Waals surface area contributed by atoms with Gasteiger partial charge >= 0.3 is 0 Å². The highest BCUT2D eigenvalue weighted by Crippen LogP contribution is 2.27. The zero-order valence-corrected chi connectivity index (χ0v) is 14.9. The molecule has 0 radical (unpaired) electrons. The number of ether oxygens (including phenoxy) is 2. The van der Waals surface area contributed by atoms with Crippen LogP contribution in [0.4, 0.5) is 0 Å². The lowest BCUT2D eigenvalue weighted by Gasteiger charge is -2.32. The summed E-state index contributed by atoms with van der Waals surface area (Å²) in [4.78, 5) is 14.6. The highest BCUT2D eigenvalue weighted by molar-refractivity contribution is 5.97. The molecule has 5 nitrogen and oxygen atoms in total. The monoisotopic (exact) mass is 342 g/mol. The summed E-state index contributed by atoms with van der Waals surface area (Å²) in [5.74, 6) is 1.97. The highest BCUT2D eigenvalue weighted by atomic mass is 35.5. The molecule has 0 spiro atoms. The number of nitrogens with zero attached hydrogens (tertiary/aromatic N) is 1. The first kappa shape index (κ1) is 19.6. The molecule has 6 heteroatoms. The average Bonchev–Trinajstić information content (AvgIpc) is 2.59. The van der Waals surface area contributed by atoms with Crippen LogP contribution in [0, 0.1) is 5.92 Å². The topological polar surface area (TPSA) is 50.8 Å². The lowest BCUT2D eigenvalue weighted by Crippen LogP contribution is -2.40. The van der Waals surface area contributed by atoms with Crippen LogP contribution in [0.2, 0.25) is 0 Å². The van der Waals surface area contributed by atoms with Crippen LogP contribution in [0.25, 0.3) is 0 Å². The fourth-order valence-electron chi connectivity index (χ4n) is 2.83. The molecule has 0 aromatic heterocycles. The number of rotatable bonds is 6. The largest absolute Gasteiger partial charge is 0.497 e. The van der Waals surface area contributed by atoms with Crippen LogP contribution in [0.15, 0.2) is 18.2 Å². The van der Waals surface area contributed by atoms with Crippen LogP contribution in [-0.2, 0) is 0 Å². The maximum Gasteiger partial charge on any atom is 0.257 e. The molecule has 1 heterocycles. The van der Waals surface area contributed by atoms with Crippen molar-refractivity contribution in [1.29, 1.82) is 0 Å². The molecule has 23 heavy (non-hydrogen) atoms. The summed E-state index contributed by atoms with van der Waals surface area (Å²) in [5, 5.41) is 3.39. The second-order valence-electron chi connectivity index (χ2n) is 5.61. The van der Waals surface area contributed by atoms with Crippen LogP contribution >= 0.6 is 12.4 Å². The quantitative estimate of drug-likeness (QED) is 0.863. The minimum absolute atomic E-state index is 0. The Bertz CT molecular complexity index is 503. The molecule has 1 aromatic carbocycles. The molecule has 0 saturated carbocycles. The van der Waals surface area contributed by atoms with Crippen molar-refractivity contribution < 1.29 is 14.3 Å². The second-order valence-corrected chi connectivity index (χ2v) is 5.61. The summed E-state index contributed by atoms with van der Waals surface area (Å²) in [6, 6.07) is 5.34. The lowest BCUT2D eigenvalue weighted by atomic mass is 9.96. The smallest absolute Gasteiger partial charge is 0.257 e. The first-order valence-electron chi connectivity index (χ1n) is 7.91. The van der Waals surface area contributed by atoms with Gasteiger partial charge in [-0.3, -0.25) is 4.79 Å². The Morgan fingerprint density at radius 2 is 1.96 bits per heavy atom. The Labute approximate surface area is 144 Å². The minimum Gasteiger partial charge on any atom is -0.497 e. The van der Waals surface area contributed by atoms with E-state index in [9.17, 15) is 4.79 Å². The van der Waals surface area contributed by atoms with E-state index in [2.05, 4.69) is 12.2 Å². The standard InChI is InChI=1S/C17H26N2O3.ClH/c1-4-18-12-13-7-9-19(10-8-13)17(20)15-6-5-14(21-2)11-16(15)22-3;/h5-6,11,13,18H,4,7-10,12H2,1-3H3;1H. The van der Waals surface area contributed by atoms with Gasteiger partial charge in [0.15, 0.2) is 0 Å². The predicted molar refractivity (Wildman–Crippen MR) is 94.0 cm³/mol. The minimum atomic E-state index is 0. The number of benzene rings is 1. The Balaban J connectivity index is 0.00000264. The van der Waals surface area contributed by atoms with Crippen LogP contribution in [0.3, 0.4) is 0 Å². The molecule has 1 saturated heterocycles. The Morgan fingerprint density at radius 3 is 2.52 bits per heavy atom. The van der Waals surface area contributed by atoms with E-state index in [1.54, 1.807) is 32.4 Å². The molecule has 1 N–H and O–H groups in total. The van der Waals surface area contributed by atoms with Gasteiger partial charge in [-0.05, 0) is 44.0 Å². The Hall–Kier alpha value is -1.46. The van der Waals surface area contributed by atoms with E-state index in [4.69, 9.17) is 9.47 Å². The number of piperidine rings is 1. The maximum atomic E-state index is 12.7. The van der Waals surface area contributed by atoms with Gasteiger partial charge in [-0.1, -0.05) is 6.92 Å². The summed E-state index contributed by atoms with van der Waals surface area (Å²) >= 11 is 0. The third kappa shape index (κ3) is 5.01. The number of halogens is 1. The zero-order chi connectivity index (χ0) is 15.9. The molecule has 1 fully saturated rings. The molecule has 1 aliphatic heterocycles. The van der Waals surface area contributed by atoms with Gasteiger partial charge in [0.25, 0.3) is 5.91 Å². The molecule has 1 amide bonds. The van der Waals surface area contributed by atoms with Crippen LogP contribution in [-0.4, -0.2) is 51.2 Å². The molecular formula is C17H27ClN2O3. The number of carbonyl (C=O) groups is 1. The van der Waals surface area contributed by atoms with Crippen LogP contribution in [0.5, 0.6) is 11.5 Å². The van der Waals surface area contributed by atoms with Gasteiger partial charge in [0, 0.05) is 19.2 Å². The van der Waals surface area contributed by atoms with Crippen molar-refractivity contribution in [3.63, 3.8) is 0 Å². The lowest BCUT2D eigenvalue weighted by molar-refractivity contribution is 0.0687. The first-order valence-corrected chi connectivity index (χ1v) is 7.91. The number of methoxy groups -OCH3 is 2. The Kier molecular flexibility index (Phi) is 8.20. The van der Waals surface area contributed by atoms with Crippen molar-refractivity contribution >= 4 is 18.3 Å². The molecule has 130 valence electrons. The van der Waals surface area contributed by atoms with Gasteiger partial charge in [-0.15, -0.1) is 12.4 Å². The second kappa shape index (κ2) is 9.63. The van der Waals surface area contributed by atoms with Gasteiger partial charge in [0.2, 0.25) is 0 Å².